The minimum absolute atomic E-state index is 0.0855. The summed E-state index contributed by atoms with van der Waals surface area (Å²) >= 11 is 0. The molecular formula is C16H32O2. The molecule has 2 heteroatoms. The third kappa shape index (κ3) is 9.49. The van der Waals surface area contributed by atoms with Gasteiger partial charge in [0.15, 0.2) is 0 Å². The van der Waals surface area contributed by atoms with E-state index in [0.717, 1.165) is 6.42 Å². The first-order chi connectivity index (χ1) is 8.38. The van der Waals surface area contributed by atoms with Crippen molar-refractivity contribution in [3.63, 3.8) is 0 Å². The summed E-state index contributed by atoms with van der Waals surface area (Å²) in [6.45, 7) is 10.8. The minimum atomic E-state index is -0.372. The minimum Gasteiger partial charge on any atom is -0.465 e. The molecular weight excluding hydrogens is 224 g/mol. The highest BCUT2D eigenvalue weighted by Gasteiger charge is 2.22. The normalized spacial score (nSPS) is 13.4. The fraction of sp³-hybridized carbons (Fsp3) is 0.938. The SMILES string of the molecule is CCCCCCCC(C)CCOC(=O)C(C)(C)C. The van der Waals surface area contributed by atoms with Gasteiger partial charge in [0.2, 0.25) is 0 Å². The molecule has 0 aromatic heterocycles. The van der Waals surface area contributed by atoms with Gasteiger partial charge in [-0.15, -0.1) is 0 Å². The molecule has 0 rings (SSSR count). The summed E-state index contributed by atoms with van der Waals surface area (Å²) in [5.74, 6) is 0.581. The van der Waals surface area contributed by atoms with Crippen molar-refractivity contribution in [2.45, 2.75) is 79.6 Å². The second kappa shape index (κ2) is 9.41. The van der Waals surface area contributed by atoms with E-state index in [2.05, 4.69) is 13.8 Å². The lowest BCUT2D eigenvalue weighted by Gasteiger charge is -2.18. The fourth-order valence-corrected chi connectivity index (χ4v) is 1.81. The third-order valence-electron chi connectivity index (χ3n) is 3.26. The largest absolute Gasteiger partial charge is 0.465 e. The molecule has 0 spiro atoms. The Morgan fingerprint density at radius 1 is 1.06 bits per heavy atom. The molecule has 0 aromatic rings. The monoisotopic (exact) mass is 256 g/mol. The Kier molecular flexibility index (Phi) is 9.13. The van der Waals surface area contributed by atoms with Crippen LogP contribution in [0.15, 0.2) is 0 Å². The third-order valence-corrected chi connectivity index (χ3v) is 3.26. The van der Waals surface area contributed by atoms with Crippen molar-refractivity contribution in [3.8, 4) is 0 Å². The quantitative estimate of drug-likeness (QED) is 0.430. The summed E-state index contributed by atoms with van der Waals surface area (Å²) in [5.41, 5.74) is -0.372. The van der Waals surface area contributed by atoms with E-state index in [1.807, 2.05) is 20.8 Å². The van der Waals surface area contributed by atoms with E-state index in [4.69, 9.17) is 4.74 Å². The van der Waals surface area contributed by atoms with Gasteiger partial charge in [-0.05, 0) is 33.1 Å². The van der Waals surface area contributed by atoms with Crippen molar-refractivity contribution in [2.75, 3.05) is 6.61 Å². The van der Waals surface area contributed by atoms with Crippen molar-refractivity contribution >= 4 is 5.97 Å². The maximum atomic E-state index is 11.6. The van der Waals surface area contributed by atoms with E-state index in [1.54, 1.807) is 0 Å². The van der Waals surface area contributed by atoms with Crippen LogP contribution in [0.25, 0.3) is 0 Å². The standard InChI is InChI=1S/C16H32O2/c1-6-7-8-9-10-11-14(2)12-13-18-15(17)16(3,4)5/h14H,6-13H2,1-5H3. The molecule has 1 atom stereocenters. The number of rotatable bonds is 9. The lowest BCUT2D eigenvalue weighted by molar-refractivity contribution is -0.153. The van der Waals surface area contributed by atoms with Crippen LogP contribution in [0.1, 0.15) is 79.6 Å². The van der Waals surface area contributed by atoms with Gasteiger partial charge in [-0.3, -0.25) is 4.79 Å². The van der Waals surface area contributed by atoms with Crippen LogP contribution in [0, 0.1) is 11.3 Å². The van der Waals surface area contributed by atoms with Gasteiger partial charge >= 0.3 is 5.97 Å². The zero-order valence-corrected chi connectivity index (χ0v) is 13.1. The number of hydrogen-bond acceptors (Lipinski definition) is 2. The predicted octanol–water partition coefficient (Wildman–Crippen LogP) is 4.96. The van der Waals surface area contributed by atoms with Crippen molar-refractivity contribution in [1.29, 1.82) is 0 Å². The van der Waals surface area contributed by atoms with E-state index in [0.29, 0.717) is 12.5 Å². The van der Waals surface area contributed by atoms with Crippen molar-refractivity contribution in [2.24, 2.45) is 11.3 Å². The van der Waals surface area contributed by atoms with Gasteiger partial charge in [-0.1, -0.05) is 52.4 Å². The Labute approximate surface area is 113 Å². The first-order valence-electron chi connectivity index (χ1n) is 7.55. The van der Waals surface area contributed by atoms with Gasteiger partial charge in [-0.2, -0.15) is 0 Å². The number of esters is 1. The zero-order valence-electron chi connectivity index (χ0n) is 13.1. The maximum absolute atomic E-state index is 11.6. The van der Waals surface area contributed by atoms with Crippen LogP contribution in [0.4, 0.5) is 0 Å². The molecule has 0 saturated carbocycles. The average Bonchev–Trinajstić information content (AvgIpc) is 2.27. The average molecular weight is 256 g/mol. The van der Waals surface area contributed by atoms with E-state index >= 15 is 0 Å². The Balaban J connectivity index is 3.48. The number of carbonyl (C=O) groups excluding carboxylic acids is 1. The predicted molar refractivity (Wildman–Crippen MR) is 77.6 cm³/mol. The van der Waals surface area contributed by atoms with Gasteiger partial charge in [0.1, 0.15) is 0 Å². The van der Waals surface area contributed by atoms with Gasteiger partial charge in [0, 0.05) is 0 Å². The van der Waals surface area contributed by atoms with E-state index in [1.165, 1.54) is 38.5 Å². The lowest BCUT2D eigenvalue weighted by Crippen LogP contribution is -2.23. The molecule has 0 aliphatic rings. The molecule has 0 saturated heterocycles. The highest BCUT2D eigenvalue weighted by molar-refractivity contribution is 5.75. The fourth-order valence-electron chi connectivity index (χ4n) is 1.81. The number of ether oxygens (including phenoxy) is 1. The second-order valence-corrected chi connectivity index (χ2v) is 6.48. The highest BCUT2D eigenvalue weighted by Crippen LogP contribution is 2.17. The first kappa shape index (κ1) is 17.5. The van der Waals surface area contributed by atoms with E-state index in [-0.39, 0.29) is 11.4 Å². The highest BCUT2D eigenvalue weighted by atomic mass is 16.5. The van der Waals surface area contributed by atoms with Crippen molar-refractivity contribution < 1.29 is 9.53 Å². The summed E-state index contributed by atoms with van der Waals surface area (Å²) in [6, 6.07) is 0. The first-order valence-corrected chi connectivity index (χ1v) is 7.55. The van der Waals surface area contributed by atoms with Crippen LogP contribution in [0.2, 0.25) is 0 Å². The molecule has 108 valence electrons. The zero-order chi connectivity index (χ0) is 14.0. The molecule has 2 nitrogen and oxygen atoms in total. The van der Waals surface area contributed by atoms with E-state index < -0.39 is 0 Å². The molecule has 0 aliphatic carbocycles. The summed E-state index contributed by atoms with van der Waals surface area (Å²) in [5, 5.41) is 0. The van der Waals surface area contributed by atoms with Crippen LogP contribution in [-0.2, 0) is 9.53 Å². The molecule has 0 heterocycles. The Hall–Kier alpha value is -0.530. The van der Waals surface area contributed by atoms with Crippen LogP contribution >= 0.6 is 0 Å². The summed E-state index contributed by atoms with van der Waals surface area (Å²) in [4.78, 5) is 11.6. The van der Waals surface area contributed by atoms with Gasteiger partial charge in [0.25, 0.3) is 0 Å². The van der Waals surface area contributed by atoms with Crippen LogP contribution < -0.4 is 0 Å². The topological polar surface area (TPSA) is 26.3 Å². The van der Waals surface area contributed by atoms with Crippen LogP contribution in [-0.4, -0.2) is 12.6 Å². The molecule has 0 N–H and O–H groups in total. The molecule has 0 fully saturated rings. The second-order valence-electron chi connectivity index (χ2n) is 6.48. The number of hydrogen-bond donors (Lipinski definition) is 0. The van der Waals surface area contributed by atoms with Gasteiger partial charge in [-0.25, -0.2) is 0 Å². The summed E-state index contributed by atoms with van der Waals surface area (Å²) < 4.78 is 5.28. The Bertz CT molecular complexity index is 216. The van der Waals surface area contributed by atoms with Crippen molar-refractivity contribution in [1.82, 2.24) is 0 Å². The molecule has 0 radical (unpaired) electrons. The van der Waals surface area contributed by atoms with Crippen LogP contribution in [0.5, 0.6) is 0 Å². The molecule has 1 unspecified atom stereocenters. The Morgan fingerprint density at radius 3 is 2.22 bits per heavy atom. The summed E-state index contributed by atoms with van der Waals surface area (Å²) in [7, 11) is 0. The molecule has 0 aromatic carbocycles. The van der Waals surface area contributed by atoms with Gasteiger partial charge in [0.05, 0.1) is 12.0 Å². The Morgan fingerprint density at radius 2 is 1.67 bits per heavy atom. The lowest BCUT2D eigenvalue weighted by atomic mass is 9.97. The van der Waals surface area contributed by atoms with E-state index in [9.17, 15) is 4.79 Å². The number of carbonyl (C=O) groups is 1. The molecule has 0 aliphatic heterocycles. The maximum Gasteiger partial charge on any atom is 0.311 e. The number of unbranched alkanes of at least 4 members (excludes halogenated alkanes) is 4. The van der Waals surface area contributed by atoms with Gasteiger partial charge < -0.3 is 4.74 Å². The molecule has 18 heavy (non-hydrogen) atoms. The molecule has 0 bridgehead atoms. The van der Waals surface area contributed by atoms with Crippen LogP contribution in [0.3, 0.4) is 0 Å². The smallest absolute Gasteiger partial charge is 0.311 e. The molecule has 0 amide bonds. The summed E-state index contributed by atoms with van der Waals surface area (Å²) in [6.07, 6.45) is 8.94. The van der Waals surface area contributed by atoms with Crippen molar-refractivity contribution in [3.05, 3.63) is 0 Å².